The summed E-state index contributed by atoms with van der Waals surface area (Å²) in [6, 6.07) is 8.37. The number of nitrogens with zero attached hydrogens (tertiary/aromatic N) is 1. The molecule has 0 amide bonds. The predicted molar refractivity (Wildman–Crippen MR) is 80.6 cm³/mol. The van der Waals surface area contributed by atoms with Crippen molar-refractivity contribution in [3.05, 3.63) is 35.4 Å². The molecule has 1 aromatic carbocycles. The smallest absolute Gasteiger partial charge is 0.194 e. The molecule has 2 aliphatic heterocycles. The summed E-state index contributed by atoms with van der Waals surface area (Å²) in [5, 5.41) is 7.62. The Labute approximate surface area is 119 Å². The minimum atomic E-state index is -0.431. The van der Waals surface area contributed by atoms with E-state index in [9.17, 15) is 0 Å². The lowest BCUT2D eigenvalue weighted by Gasteiger charge is -2.20. The van der Waals surface area contributed by atoms with Crippen LogP contribution in [-0.2, 0) is 4.84 Å². The van der Waals surface area contributed by atoms with Crippen LogP contribution in [0, 0.1) is 6.92 Å². The van der Waals surface area contributed by atoms with Gasteiger partial charge in [-0.05, 0) is 26.3 Å². The van der Waals surface area contributed by atoms with E-state index in [2.05, 4.69) is 55.5 Å². The third-order valence-electron chi connectivity index (χ3n) is 3.76. The van der Waals surface area contributed by atoms with E-state index in [0.717, 1.165) is 29.1 Å². The highest BCUT2D eigenvalue weighted by Crippen LogP contribution is 2.39. The van der Waals surface area contributed by atoms with Crippen LogP contribution in [0.1, 0.15) is 37.8 Å². The first-order valence-electron chi connectivity index (χ1n) is 6.55. The molecule has 1 fully saturated rings. The Kier molecular flexibility index (Phi) is 2.68. The number of hydrogen-bond acceptors (Lipinski definition) is 3. The maximum absolute atomic E-state index is 5.73. The largest absolute Gasteiger partial charge is 0.381 e. The molecule has 100 valence electrons. The van der Waals surface area contributed by atoms with Gasteiger partial charge in [-0.2, -0.15) is 0 Å². The fourth-order valence-electron chi connectivity index (χ4n) is 2.85. The summed E-state index contributed by atoms with van der Waals surface area (Å²) in [5.74, 6) is 0. The predicted octanol–water partition coefficient (Wildman–Crippen LogP) is 2.96. The van der Waals surface area contributed by atoms with Crippen molar-refractivity contribution in [1.29, 1.82) is 0 Å². The highest BCUT2D eigenvalue weighted by Gasteiger charge is 2.53. The number of aryl methyl sites for hydroxylation is 1. The van der Waals surface area contributed by atoms with Gasteiger partial charge in [-0.15, -0.1) is 0 Å². The summed E-state index contributed by atoms with van der Waals surface area (Å²) in [6.07, 6.45) is 1.61. The number of hydrogen-bond donors (Lipinski definition) is 1. The summed E-state index contributed by atoms with van der Waals surface area (Å²) in [4.78, 5) is 6.51. The Balaban J connectivity index is 1.83. The van der Waals surface area contributed by atoms with Crippen molar-refractivity contribution in [2.75, 3.05) is 0 Å². The standard InChI is InChI=1S/C15H18N2OS/c1-10-4-6-11(7-5-10)12-8-15(18-17-12)9-14(2,3)16-13(15)19/h4-7H,8-9H2,1-3H3,(H,16,19)/t15-/m0/s1. The molecule has 0 radical (unpaired) electrons. The maximum Gasteiger partial charge on any atom is 0.194 e. The van der Waals surface area contributed by atoms with E-state index in [1.54, 1.807) is 0 Å². The van der Waals surface area contributed by atoms with Gasteiger partial charge in [0.1, 0.15) is 4.99 Å². The van der Waals surface area contributed by atoms with Crippen molar-refractivity contribution in [1.82, 2.24) is 5.32 Å². The average molecular weight is 274 g/mol. The molecule has 19 heavy (non-hydrogen) atoms. The summed E-state index contributed by atoms with van der Waals surface area (Å²) in [6.45, 7) is 6.36. The first-order valence-corrected chi connectivity index (χ1v) is 6.96. The summed E-state index contributed by atoms with van der Waals surface area (Å²) in [5.41, 5.74) is 2.91. The van der Waals surface area contributed by atoms with Crippen LogP contribution in [0.5, 0.6) is 0 Å². The molecular formula is C15H18N2OS. The van der Waals surface area contributed by atoms with Gasteiger partial charge in [0.05, 0.1) is 5.71 Å². The van der Waals surface area contributed by atoms with E-state index in [1.807, 2.05) is 0 Å². The molecule has 0 bridgehead atoms. The molecule has 0 aliphatic carbocycles. The van der Waals surface area contributed by atoms with Gasteiger partial charge in [0, 0.05) is 18.4 Å². The van der Waals surface area contributed by atoms with Crippen LogP contribution in [0.15, 0.2) is 29.4 Å². The fourth-order valence-corrected chi connectivity index (χ4v) is 3.31. The van der Waals surface area contributed by atoms with Gasteiger partial charge in [-0.25, -0.2) is 0 Å². The van der Waals surface area contributed by atoms with Crippen molar-refractivity contribution in [3.63, 3.8) is 0 Å². The van der Waals surface area contributed by atoms with Crippen LogP contribution in [-0.4, -0.2) is 21.8 Å². The minimum Gasteiger partial charge on any atom is -0.381 e. The first-order chi connectivity index (χ1) is 8.90. The Morgan fingerprint density at radius 2 is 1.95 bits per heavy atom. The molecule has 1 spiro atoms. The van der Waals surface area contributed by atoms with E-state index in [4.69, 9.17) is 17.1 Å². The summed E-state index contributed by atoms with van der Waals surface area (Å²) in [7, 11) is 0. The van der Waals surface area contributed by atoms with Crippen LogP contribution in [0.2, 0.25) is 0 Å². The lowest BCUT2D eigenvalue weighted by Crippen LogP contribution is -2.37. The molecule has 1 N–H and O–H groups in total. The van der Waals surface area contributed by atoms with Crippen LogP contribution in [0.4, 0.5) is 0 Å². The van der Waals surface area contributed by atoms with Crippen LogP contribution in [0.25, 0.3) is 0 Å². The van der Waals surface area contributed by atoms with Crippen molar-refractivity contribution < 1.29 is 4.84 Å². The third-order valence-corrected chi connectivity index (χ3v) is 4.24. The molecule has 1 saturated heterocycles. The zero-order valence-corrected chi connectivity index (χ0v) is 12.3. The molecule has 1 atom stereocenters. The van der Waals surface area contributed by atoms with Gasteiger partial charge < -0.3 is 10.2 Å². The lowest BCUT2D eigenvalue weighted by atomic mass is 9.88. The molecule has 0 unspecified atom stereocenters. The second-order valence-corrected chi connectivity index (χ2v) is 6.59. The Morgan fingerprint density at radius 1 is 1.26 bits per heavy atom. The molecule has 3 rings (SSSR count). The van der Waals surface area contributed by atoms with Crippen molar-refractivity contribution in [3.8, 4) is 0 Å². The summed E-state index contributed by atoms with van der Waals surface area (Å²) >= 11 is 5.45. The highest BCUT2D eigenvalue weighted by atomic mass is 32.1. The van der Waals surface area contributed by atoms with E-state index in [1.165, 1.54) is 5.56 Å². The fraction of sp³-hybridized carbons (Fsp3) is 0.467. The second-order valence-electron chi connectivity index (χ2n) is 6.18. The molecule has 0 saturated carbocycles. The van der Waals surface area contributed by atoms with Crippen LogP contribution >= 0.6 is 12.2 Å². The average Bonchev–Trinajstić information content (AvgIpc) is 2.83. The number of nitrogens with one attached hydrogen (secondary N) is 1. The number of oxime groups is 1. The van der Waals surface area contributed by atoms with E-state index in [-0.39, 0.29) is 5.54 Å². The van der Waals surface area contributed by atoms with Gasteiger partial charge in [0.25, 0.3) is 0 Å². The zero-order valence-electron chi connectivity index (χ0n) is 11.5. The third kappa shape index (κ3) is 2.14. The first kappa shape index (κ1) is 12.6. The van der Waals surface area contributed by atoms with Crippen molar-refractivity contribution in [2.24, 2.45) is 5.16 Å². The quantitative estimate of drug-likeness (QED) is 0.799. The molecule has 2 heterocycles. The molecule has 4 heteroatoms. The minimum absolute atomic E-state index is 0.0185. The van der Waals surface area contributed by atoms with Gasteiger partial charge in [-0.1, -0.05) is 47.2 Å². The van der Waals surface area contributed by atoms with Gasteiger partial charge in [0.2, 0.25) is 0 Å². The monoisotopic (exact) mass is 274 g/mol. The van der Waals surface area contributed by atoms with E-state index >= 15 is 0 Å². The van der Waals surface area contributed by atoms with Crippen LogP contribution in [0.3, 0.4) is 0 Å². The van der Waals surface area contributed by atoms with E-state index in [0.29, 0.717) is 0 Å². The maximum atomic E-state index is 5.73. The Morgan fingerprint density at radius 3 is 2.53 bits per heavy atom. The molecular weight excluding hydrogens is 256 g/mol. The van der Waals surface area contributed by atoms with Crippen LogP contribution < -0.4 is 5.32 Å². The zero-order chi connectivity index (χ0) is 13.7. The number of thiocarbonyl (C=S) groups is 1. The van der Waals surface area contributed by atoms with E-state index < -0.39 is 5.60 Å². The molecule has 1 aromatic rings. The van der Waals surface area contributed by atoms with Crippen molar-refractivity contribution in [2.45, 2.75) is 44.8 Å². The molecule has 2 aliphatic rings. The van der Waals surface area contributed by atoms with Gasteiger partial charge in [0.15, 0.2) is 5.60 Å². The van der Waals surface area contributed by atoms with Gasteiger partial charge in [-0.3, -0.25) is 0 Å². The number of benzene rings is 1. The van der Waals surface area contributed by atoms with Crippen molar-refractivity contribution >= 4 is 22.9 Å². The Bertz CT molecular complexity index is 562. The van der Waals surface area contributed by atoms with Gasteiger partial charge >= 0.3 is 0 Å². The highest BCUT2D eigenvalue weighted by molar-refractivity contribution is 7.80. The lowest BCUT2D eigenvalue weighted by molar-refractivity contribution is 0.0325. The summed E-state index contributed by atoms with van der Waals surface area (Å²) < 4.78 is 0. The SMILES string of the molecule is Cc1ccc(C2=NO[C@@]3(C2)CC(C)(C)NC3=S)cc1. The topological polar surface area (TPSA) is 33.6 Å². The molecule has 0 aromatic heterocycles. The Hall–Kier alpha value is -1.42. The normalized spacial score (nSPS) is 28.2. The number of rotatable bonds is 1. The molecule has 3 nitrogen and oxygen atoms in total. The second kappa shape index (κ2) is 4.04.